The van der Waals surface area contributed by atoms with E-state index in [-0.39, 0.29) is 17.8 Å². The highest BCUT2D eigenvalue weighted by molar-refractivity contribution is 7.86. The van der Waals surface area contributed by atoms with Crippen molar-refractivity contribution in [2.75, 3.05) is 19.8 Å². The molecule has 0 N–H and O–H groups in total. The van der Waals surface area contributed by atoms with Crippen molar-refractivity contribution in [2.24, 2.45) is 0 Å². The van der Waals surface area contributed by atoms with E-state index in [1.807, 2.05) is 31.2 Å². The van der Waals surface area contributed by atoms with Crippen molar-refractivity contribution in [3.05, 3.63) is 65.2 Å². The molecule has 1 fully saturated rings. The summed E-state index contributed by atoms with van der Waals surface area (Å²) in [4.78, 5) is 0.170. The van der Waals surface area contributed by atoms with Crippen molar-refractivity contribution < 1.29 is 22.1 Å². The quantitative estimate of drug-likeness (QED) is 0.751. The van der Waals surface area contributed by atoms with E-state index in [0.717, 1.165) is 16.7 Å². The number of hydrogen-bond donors (Lipinski definition) is 0. The molecular formula is C18H20O5S. The van der Waals surface area contributed by atoms with E-state index in [9.17, 15) is 8.42 Å². The van der Waals surface area contributed by atoms with E-state index >= 15 is 0 Å². The third-order valence-corrected chi connectivity index (χ3v) is 5.18. The summed E-state index contributed by atoms with van der Waals surface area (Å²) in [7, 11) is -3.74. The van der Waals surface area contributed by atoms with Gasteiger partial charge in [-0.05, 0) is 31.0 Å². The second-order valence-corrected chi connectivity index (χ2v) is 7.23. The molecule has 0 saturated carbocycles. The number of rotatable bonds is 6. The summed E-state index contributed by atoms with van der Waals surface area (Å²) in [6.07, 6.45) is 0.0831. The van der Waals surface area contributed by atoms with Gasteiger partial charge < -0.3 is 9.47 Å². The summed E-state index contributed by atoms with van der Waals surface area (Å²) >= 11 is 0. The molecule has 0 aromatic heterocycles. The Hall–Kier alpha value is -1.73. The molecule has 0 radical (unpaired) electrons. The highest BCUT2D eigenvalue weighted by atomic mass is 32.2. The van der Waals surface area contributed by atoms with Gasteiger partial charge in [-0.1, -0.05) is 42.0 Å². The maximum atomic E-state index is 12.2. The van der Waals surface area contributed by atoms with Crippen molar-refractivity contribution in [1.82, 2.24) is 0 Å². The zero-order valence-corrected chi connectivity index (χ0v) is 14.3. The average molecular weight is 348 g/mol. The zero-order valence-electron chi connectivity index (χ0n) is 13.5. The number of ether oxygens (including phenoxy) is 2. The Balaban J connectivity index is 1.65. The SMILES string of the molecule is Cc1ccc(S(=O)(=O)OCCc2ccccc2C2OCCO2)cc1. The van der Waals surface area contributed by atoms with Gasteiger partial charge >= 0.3 is 0 Å². The lowest BCUT2D eigenvalue weighted by Gasteiger charge is -2.14. The Morgan fingerprint density at radius 2 is 1.71 bits per heavy atom. The third-order valence-electron chi connectivity index (χ3n) is 3.85. The summed E-state index contributed by atoms with van der Waals surface area (Å²) in [6, 6.07) is 14.3. The summed E-state index contributed by atoms with van der Waals surface area (Å²) in [5, 5.41) is 0. The highest BCUT2D eigenvalue weighted by Crippen LogP contribution is 2.26. The fourth-order valence-corrected chi connectivity index (χ4v) is 3.47. The van der Waals surface area contributed by atoms with Crippen molar-refractivity contribution in [3.8, 4) is 0 Å². The van der Waals surface area contributed by atoms with E-state index in [0.29, 0.717) is 19.6 Å². The fraction of sp³-hybridized carbons (Fsp3) is 0.333. The molecule has 1 aliphatic rings. The van der Waals surface area contributed by atoms with Crippen molar-refractivity contribution >= 4 is 10.1 Å². The van der Waals surface area contributed by atoms with Gasteiger partial charge in [0.15, 0.2) is 6.29 Å². The number of aryl methyl sites for hydroxylation is 1. The van der Waals surface area contributed by atoms with E-state index in [1.165, 1.54) is 0 Å². The van der Waals surface area contributed by atoms with Crippen molar-refractivity contribution in [1.29, 1.82) is 0 Å². The summed E-state index contributed by atoms with van der Waals surface area (Å²) in [5.74, 6) is 0. The van der Waals surface area contributed by atoms with Crippen LogP contribution in [0.1, 0.15) is 23.0 Å². The predicted octanol–water partition coefficient (Wildman–Crippen LogP) is 2.99. The second kappa shape index (κ2) is 7.44. The molecular weight excluding hydrogens is 328 g/mol. The first kappa shape index (κ1) is 17.1. The molecule has 1 aliphatic heterocycles. The zero-order chi connectivity index (χ0) is 17.0. The normalized spacial score (nSPS) is 15.7. The molecule has 1 heterocycles. The lowest BCUT2D eigenvalue weighted by molar-refractivity contribution is -0.0447. The van der Waals surface area contributed by atoms with Crippen LogP contribution in [0.25, 0.3) is 0 Å². The Kier molecular flexibility index (Phi) is 5.30. The average Bonchev–Trinajstić information content (AvgIpc) is 3.10. The highest BCUT2D eigenvalue weighted by Gasteiger charge is 2.21. The van der Waals surface area contributed by atoms with Gasteiger partial charge in [-0.2, -0.15) is 8.42 Å². The Bertz CT molecular complexity index is 777. The smallest absolute Gasteiger partial charge is 0.296 e. The standard InChI is InChI=1S/C18H20O5S/c1-14-6-8-16(9-7-14)24(19,20)23-11-10-15-4-2-3-5-17(15)18-21-12-13-22-18/h2-9,18H,10-13H2,1H3. The van der Waals surface area contributed by atoms with Crippen LogP contribution >= 0.6 is 0 Å². The molecule has 0 spiro atoms. The number of benzene rings is 2. The lowest BCUT2D eigenvalue weighted by Crippen LogP contribution is -2.11. The summed E-state index contributed by atoms with van der Waals surface area (Å²) < 4.78 is 40.6. The minimum absolute atomic E-state index is 0.0694. The van der Waals surface area contributed by atoms with Gasteiger partial charge in [0.05, 0.1) is 24.7 Å². The molecule has 0 atom stereocenters. The van der Waals surface area contributed by atoms with E-state index < -0.39 is 10.1 Å². The number of hydrogen-bond acceptors (Lipinski definition) is 5. The predicted molar refractivity (Wildman–Crippen MR) is 89.1 cm³/mol. The second-order valence-electron chi connectivity index (χ2n) is 5.61. The molecule has 3 rings (SSSR count). The molecule has 0 aliphatic carbocycles. The Morgan fingerprint density at radius 3 is 2.42 bits per heavy atom. The van der Waals surface area contributed by atoms with Crippen molar-refractivity contribution in [3.63, 3.8) is 0 Å². The molecule has 2 aromatic carbocycles. The summed E-state index contributed by atoms with van der Waals surface area (Å²) in [6.45, 7) is 3.11. The van der Waals surface area contributed by atoms with Gasteiger partial charge in [0.1, 0.15) is 0 Å². The van der Waals surface area contributed by atoms with Gasteiger partial charge in [-0.15, -0.1) is 0 Å². The molecule has 24 heavy (non-hydrogen) atoms. The van der Waals surface area contributed by atoms with Crippen LogP contribution in [0, 0.1) is 6.92 Å². The van der Waals surface area contributed by atoms with Crippen LogP contribution in [0.3, 0.4) is 0 Å². The van der Waals surface area contributed by atoms with E-state index in [4.69, 9.17) is 13.7 Å². The van der Waals surface area contributed by atoms with Crippen LogP contribution in [0.4, 0.5) is 0 Å². The van der Waals surface area contributed by atoms with Gasteiger partial charge in [0.2, 0.25) is 0 Å². The maximum Gasteiger partial charge on any atom is 0.296 e. The molecule has 128 valence electrons. The first-order valence-electron chi connectivity index (χ1n) is 7.83. The topological polar surface area (TPSA) is 61.8 Å². The summed E-state index contributed by atoms with van der Waals surface area (Å²) in [5.41, 5.74) is 2.88. The fourth-order valence-electron chi connectivity index (χ4n) is 2.56. The van der Waals surface area contributed by atoms with Gasteiger partial charge in [0, 0.05) is 5.56 Å². The first-order chi connectivity index (χ1) is 11.6. The van der Waals surface area contributed by atoms with E-state index in [1.54, 1.807) is 24.3 Å². The minimum atomic E-state index is -3.74. The van der Waals surface area contributed by atoms with Crippen LogP contribution in [-0.4, -0.2) is 28.2 Å². The molecule has 6 heteroatoms. The monoisotopic (exact) mass is 348 g/mol. The molecule has 5 nitrogen and oxygen atoms in total. The molecule has 0 bridgehead atoms. The van der Waals surface area contributed by atoms with Crippen molar-refractivity contribution in [2.45, 2.75) is 24.5 Å². The molecule has 2 aromatic rings. The van der Waals surface area contributed by atoms with Gasteiger partial charge in [-0.25, -0.2) is 0 Å². The van der Waals surface area contributed by atoms with E-state index in [2.05, 4.69) is 0 Å². The minimum Gasteiger partial charge on any atom is -0.346 e. The molecule has 0 amide bonds. The van der Waals surface area contributed by atoms with Crippen LogP contribution in [0.5, 0.6) is 0 Å². The lowest BCUT2D eigenvalue weighted by atomic mass is 10.0. The van der Waals surface area contributed by atoms with Gasteiger partial charge in [0.25, 0.3) is 10.1 Å². The first-order valence-corrected chi connectivity index (χ1v) is 9.24. The maximum absolute atomic E-state index is 12.2. The third kappa shape index (κ3) is 4.02. The van der Waals surface area contributed by atoms with Crippen LogP contribution in [-0.2, 0) is 30.2 Å². The molecule has 1 saturated heterocycles. The molecule has 0 unspecified atom stereocenters. The van der Waals surface area contributed by atoms with Crippen LogP contribution < -0.4 is 0 Å². The van der Waals surface area contributed by atoms with Crippen LogP contribution in [0.15, 0.2) is 53.4 Å². The Labute approximate surface area is 142 Å². The Morgan fingerprint density at radius 1 is 1.04 bits per heavy atom. The largest absolute Gasteiger partial charge is 0.346 e. The van der Waals surface area contributed by atoms with Gasteiger partial charge in [-0.3, -0.25) is 4.18 Å². The van der Waals surface area contributed by atoms with Crippen LogP contribution in [0.2, 0.25) is 0 Å².